The van der Waals surface area contributed by atoms with Gasteiger partial charge >= 0.3 is 0 Å². The number of piperidine rings is 1. The molecule has 0 aliphatic carbocycles. The molecule has 0 aromatic heterocycles. The van der Waals surface area contributed by atoms with Crippen LogP contribution in [0.2, 0.25) is 0 Å². The summed E-state index contributed by atoms with van der Waals surface area (Å²) < 4.78 is 39.5. The molecule has 1 aliphatic rings. The van der Waals surface area contributed by atoms with Crippen LogP contribution in [0.1, 0.15) is 33.6 Å². The fraction of sp³-hybridized carbons (Fsp3) is 0.263. The van der Waals surface area contributed by atoms with Crippen molar-refractivity contribution in [3.05, 3.63) is 71.0 Å². The minimum atomic E-state index is -0.801. The summed E-state index contributed by atoms with van der Waals surface area (Å²) in [4.78, 5) is 26.3. The number of hydrogen-bond donors (Lipinski definition) is 0. The molecule has 1 saturated heterocycles. The molecule has 0 bridgehead atoms. The van der Waals surface area contributed by atoms with Gasteiger partial charge in [0.15, 0.2) is 5.78 Å². The molecule has 0 saturated carbocycles. The number of amides is 1. The Bertz CT molecular complexity index is 777. The number of carbonyl (C=O) groups excluding carboxylic acids is 2. The topological polar surface area (TPSA) is 37.4 Å². The van der Waals surface area contributed by atoms with Crippen molar-refractivity contribution < 1.29 is 22.8 Å². The molecule has 1 heterocycles. The Morgan fingerprint density at radius 3 is 1.92 bits per heavy atom. The van der Waals surface area contributed by atoms with Crippen LogP contribution in [-0.2, 0) is 0 Å². The molecule has 0 radical (unpaired) electrons. The molecule has 3 rings (SSSR count). The third-order valence-corrected chi connectivity index (χ3v) is 4.39. The smallest absolute Gasteiger partial charge is 0.254 e. The van der Waals surface area contributed by atoms with Crippen molar-refractivity contribution in [2.24, 2.45) is 5.92 Å². The average molecular weight is 347 g/mol. The third-order valence-electron chi connectivity index (χ3n) is 4.39. The first-order valence-corrected chi connectivity index (χ1v) is 7.99. The number of rotatable bonds is 3. The highest BCUT2D eigenvalue weighted by molar-refractivity contribution is 5.98. The summed E-state index contributed by atoms with van der Waals surface area (Å²) >= 11 is 0. The van der Waals surface area contributed by atoms with Gasteiger partial charge in [-0.2, -0.15) is 0 Å². The standard InChI is InChI=1S/C19H16F3NO2/c20-15-3-1-12(2-4-15)18(24)13-5-7-23(8-6-13)19(25)14-9-16(21)11-17(22)10-14/h1-4,9-11,13H,5-8H2. The fourth-order valence-electron chi connectivity index (χ4n) is 3.05. The molecular formula is C19H16F3NO2. The third kappa shape index (κ3) is 3.90. The normalized spacial score (nSPS) is 15.2. The quantitative estimate of drug-likeness (QED) is 0.791. The molecular weight excluding hydrogens is 331 g/mol. The van der Waals surface area contributed by atoms with Crippen molar-refractivity contribution in [1.82, 2.24) is 4.90 Å². The number of ketones is 1. The number of halogens is 3. The number of Topliss-reactive ketones (excluding diaryl/α,β-unsaturated/α-hetero) is 1. The lowest BCUT2D eigenvalue weighted by atomic mass is 9.88. The van der Waals surface area contributed by atoms with E-state index in [2.05, 4.69) is 0 Å². The molecule has 2 aromatic rings. The second kappa shape index (κ2) is 7.09. The molecule has 0 atom stereocenters. The van der Waals surface area contributed by atoms with Crippen LogP contribution in [0.15, 0.2) is 42.5 Å². The Balaban J connectivity index is 1.64. The summed E-state index contributed by atoms with van der Waals surface area (Å²) in [7, 11) is 0. The van der Waals surface area contributed by atoms with Crippen LogP contribution < -0.4 is 0 Å². The zero-order chi connectivity index (χ0) is 18.0. The van der Waals surface area contributed by atoms with Crippen LogP contribution in [0.25, 0.3) is 0 Å². The molecule has 3 nitrogen and oxygen atoms in total. The van der Waals surface area contributed by atoms with Crippen molar-refractivity contribution in [2.75, 3.05) is 13.1 Å². The van der Waals surface area contributed by atoms with E-state index in [4.69, 9.17) is 0 Å². The summed E-state index contributed by atoms with van der Waals surface area (Å²) in [5.74, 6) is -2.79. The van der Waals surface area contributed by atoms with Crippen molar-refractivity contribution in [3.63, 3.8) is 0 Å². The predicted octanol–water partition coefficient (Wildman–Crippen LogP) is 3.84. The monoisotopic (exact) mass is 347 g/mol. The van der Waals surface area contributed by atoms with E-state index in [-0.39, 0.29) is 17.3 Å². The van der Waals surface area contributed by atoms with E-state index in [1.54, 1.807) is 0 Å². The molecule has 6 heteroatoms. The zero-order valence-electron chi connectivity index (χ0n) is 13.3. The summed E-state index contributed by atoms with van der Waals surface area (Å²) in [5.41, 5.74) is 0.402. The number of carbonyl (C=O) groups is 2. The zero-order valence-corrected chi connectivity index (χ0v) is 13.3. The van der Waals surface area contributed by atoms with Crippen molar-refractivity contribution >= 4 is 11.7 Å². The molecule has 0 spiro atoms. The van der Waals surface area contributed by atoms with Crippen molar-refractivity contribution in [1.29, 1.82) is 0 Å². The summed E-state index contributed by atoms with van der Waals surface area (Å²) in [5, 5.41) is 0. The Morgan fingerprint density at radius 1 is 0.800 bits per heavy atom. The number of likely N-dealkylation sites (tertiary alicyclic amines) is 1. The summed E-state index contributed by atoms with van der Waals surface area (Å²) in [6, 6.07) is 8.09. The largest absolute Gasteiger partial charge is 0.339 e. The molecule has 0 unspecified atom stereocenters. The van der Waals surface area contributed by atoms with E-state index in [1.807, 2.05) is 0 Å². The van der Waals surface area contributed by atoms with Crippen molar-refractivity contribution in [2.45, 2.75) is 12.8 Å². The molecule has 1 aliphatic heterocycles. The van der Waals surface area contributed by atoms with Crippen LogP contribution in [0.4, 0.5) is 13.2 Å². The highest BCUT2D eigenvalue weighted by Crippen LogP contribution is 2.23. The van der Waals surface area contributed by atoms with Gasteiger partial charge in [0.25, 0.3) is 5.91 Å². The second-order valence-corrected chi connectivity index (χ2v) is 6.10. The van der Waals surface area contributed by atoms with Gasteiger partial charge in [-0.1, -0.05) is 0 Å². The summed E-state index contributed by atoms with van der Waals surface area (Å²) in [6.45, 7) is 0.656. The van der Waals surface area contributed by atoms with Gasteiger partial charge in [0.05, 0.1) is 0 Å². The van der Waals surface area contributed by atoms with E-state index in [0.717, 1.165) is 12.1 Å². The van der Waals surface area contributed by atoms with Gasteiger partial charge in [-0.3, -0.25) is 9.59 Å². The first-order chi connectivity index (χ1) is 11.9. The molecule has 130 valence electrons. The van der Waals surface area contributed by atoms with Gasteiger partial charge in [-0.05, 0) is 49.2 Å². The van der Waals surface area contributed by atoms with Gasteiger partial charge in [0, 0.05) is 36.2 Å². The lowest BCUT2D eigenvalue weighted by Gasteiger charge is -2.31. The van der Waals surface area contributed by atoms with E-state index in [1.165, 1.54) is 29.2 Å². The maximum Gasteiger partial charge on any atom is 0.254 e. The van der Waals surface area contributed by atoms with Gasteiger partial charge in [-0.15, -0.1) is 0 Å². The highest BCUT2D eigenvalue weighted by atomic mass is 19.1. The Labute approximate surface area is 143 Å². The van der Waals surface area contributed by atoms with Gasteiger partial charge in [-0.25, -0.2) is 13.2 Å². The van der Waals surface area contributed by atoms with Gasteiger partial charge < -0.3 is 4.90 Å². The maximum absolute atomic E-state index is 13.3. The minimum absolute atomic E-state index is 0.0409. The average Bonchev–Trinajstić information content (AvgIpc) is 2.60. The molecule has 0 N–H and O–H groups in total. The maximum atomic E-state index is 13.3. The minimum Gasteiger partial charge on any atom is -0.339 e. The van der Waals surface area contributed by atoms with Crippen LogP contribution in [0.3, 0.4) is 0 Å². The van der Waals surface area contributed by atoms with Crippen molar-refractivity contribution in [3.8, 4) is 0 Å². The first-order valence-electron chi connectivity index (χ1n) is 7.99. The summed E-state index contributed by atoms with van der Waals surface area (Å²) in [6.07, 6.45) is 0.916. The number of hydrogen-bond acceptors (Lipinski definition) is 2. The molecule has 2 aromatic carbocycles. The van der Waals surface area contributed by atoms with Gasteiger partial charge in [0.1, 0.15) is 17.5 Å². The second-order valence-electron chi connectivity index (χ2n) is 6.10. The lowest BCUT2D eigenvalue weighted by molar-refractivity contribution is 0.0649. The number of nitrogens with zero attached hydrogens (tertiary/aromatic N) is 1. The van der Waals surface area contributed by atoms with Gasteiger partial charge in [0.2, 0.25) is 0 Å². The predicted molar refractivity (Wildman–Crippen MR) is 85.7 cm³/mol. The Morgan fingerprint density at radius 2 is 1.36 bits per heavy atom. The van der Waals surface area contributed by atoms with Crippen LogP contribution in [0.5, 0.6) is 0 Å². The van der Waals surface area contributed by atoms with E-state index in [0.29, 0.717) is 37.6 Å². The molecule has 25 heavy (non-hydrogen) atoms. The molecule has 1 fully saturated rings. The van der Waals surface area contributed by atoms with Crippen LogP contribution in [0, 0.1) is 23.4 Å². The van der Waals surface area contributed by atoms with E-state index >= 15 is 0 Å². The highest BCUT2D eigenvalue weighted by Gasteiger charge is 2.28. The lowest BCUT2D eigenvalue weighted by Crippen LogP contribution is -2.40. The number of benzene rings is 2. The molecule has 1 amide bonds. The van der Waals surface area contributed by atoms with Crippen LogP contribution in [-0.4, -0.2) is 29.7 Å². The Hall–Kier alpha value is -2.63. The van der Waals surface area contributed by atoms with E-state index in [9.17, 15) is 22.8 Å². The SMILES string of the molecule is O=C(c1ccc(F)cc1)C1CCN(C(=O)c2cc(F)cc(F)c2)CC1. The fourth-order valence-corrected chi connectivity index (χ4v) is 3.05. The van der Waals surface area contributed by atoms with E-state index < -0.39 is 23.4 Å². The Kier molecular flexibility index (Phi) is 4.88. The van der Waals surface area contributed by atoms with Crippen LogP contribution >= 0.6 is 0 Å². The first kappa shape index (κ1) is 17.2.